The van der Waals surface area contributed by atoms with Gasteiger partial charge < -0.3 is 19.7 Å². The maximum Gasteiger partial charge on any atom is 0.231 e. The summed E-state index contributed by atoms with van der Waals surface area (Å²) in [7, 11) is 1.74. The second-order valence-electron chi connectivity index (χ2n) is 6.23. The number of amides is 2. The Morgan fingerprint density at radius 2 is 1.88 bits per heavy atom. The van der Waals surface area contributed by atoms with Crippen LogP contribution in [-0.2, 0) is 9.59 Å². The Morgan fingerprint density at radius 3 is 2.68 bits per heavy atom. The molecule has 6 nitrogen and oxygen atoms in total. The molecule has 6 heteroatoms. The Morgan fingerprint density at radius 1 is 1.12 bits per heavy atom. The van der Waals surface area contributed by atoms with Crippen LogP contribution in [-0.4, -0.2) is 30.6 Å². The Kier molecular flexibility index (Phi) is 3.80. The normalized spacial score (nSPS) is 21.5. The molecule has 0 aromatic heterocycles. The van der Waals surface area contributed by atoms with E-state index in [0.29, 0.717) is 17.2 Å². The highest BCUT2D eigenvalue weighted by atomic mass is 16.7. The van der Waals surface area contributed by atoms with E-state index in [1.165, 1.54) is 0 Å². The number of benzene rings is 2. The molecule has 25 heavy (non-hydrogen) atoms. The minimum atomic E-state index is -0.440. The summed E-state index contributed by atoms with van der Waals surface area (Å²) in [4.78, 5) is 26.7. The molecule has 0 aliphatic carbocycles. The maximum absolute atomic E-state index is 12.8. The maximum atomic E-state index is 12.8. The van der Waals surface area contributed by atoms with Gasteiger partial charge in [-0.25, -0.2) is 0 Å². The van der Waals surface area contributed by atoms with E-state index in [1.54, 1.807) is 30.1 Å². The number of fused-ring (bicyclic) bond motifs is 1. The van der Waals surface area contributed by atoms with E-state index >= 15 is 0 Å². The van der Waals surface area contributed by atoms with E-state index in [9.17, 15) is 9.59 Å². The summed E-state index contributed by atoms with van der Waals surface area (Å²) in [5.41, 5.74) is 1.59. The molecule has 2 heterocycles. The van der Waals surface area contributed by atoms with Crippen LogP contribution in [0.15, 0.2) is 48.5 Å². The monoisotopic (exact) mass is 338 g/mol. The van der Waals surface area contributed by atoms with Crippen molar-refractivity contribution in [1.82, 2.24) is 4.90 Å². The molecule has 2 aliphatic rings. The predicted molar refractivity (Wildman–Crippen MR) is 91.3 cm³/mol. The van der Waals surface area contributed by atoms with Gasteiger partial charge in [-0.1, -0.05) is 30.3 Å². The van der Waals surface area contributed by atoms with Gasteiger partial charge >= 0.3 is 0 Å². The number of ether oxygens (including phenoxy) is 2. The van der Waals surface area contributed by atoms with Crippen molar-refractivity contribution in [3.63, 3.8) is 0 Å². The van der Waals surface area contributed by atoms with E-state index in [4.69, 9.17) is 9.47 Å². The Labute approximate surface area is 145 Å². The highest BCUT2D eigenvalue weighted by molar-refractivity contribution is 5.98. The van der Waals surface area contributed by atoms with E-state index in [1.807, 2.05) is 30.3 Å². The van der Waals surface area contributed by atoms with Gasteiger partial charge in [0.15, 0.2) is 11.5 Å². The van der Waals surface area contributed by atoms with Crippen molar-refractivity contribution in [2.45, 2.75) is 12.5 Å². The van der Waals surface area contributed by atoms with E-state index < -0.39 is 5.92 Å². The van der Waals surface area contributed by atoms with Gasteiger partial charge in [-0.2, -0.15) is 0 Å². The lowest BCUT2D eigenvalue weighted by Gasteiger charge is -2.25. The molecule has 128 valence electrons. The van der Waals surface area contributed by atoms with Crippen molar-refractivity contribution >= 4 is 17.5 Å². The second kappa shape index (κ2) is 6.12. The summed E-state index contributed by atoms with van der Waals surface area (Å²) in [6.45, 7) is 0.185. The zero-order valence-corrected chi connectivity index (χ0v) is 13.8. The van der Waals surface area contributed by atoms with Crippen LogP contribution in [0.5, 0.6) is 11.5 Å². The van der Waals surface area contributed by atoms with Crippen LogP contribution in [0.3, 0.4) is 0 Å². The Balaban J connectivity index is 1.57. The van der Waals surface area contributed by atoms with Crippen LogP contribution < -0.4 is 14.8 Å². The molecule has 2 amide bonds. The second-order valence-corrected chi connectivity index (χ2v) is 6.23. The largest absolute Gasteiger partial charge is 0.454 e. The lowest BCUT2D eigenvalue weighted by Crippen LogP contribution is -2.30. The third-order valence-corrected chi connectivity index (χ3v) is 4.70. The lowest BCUT2D eigenvalue weighted by atomic mass is 9.93. The van der Waals surface area contributed by atoms with E-state index in [0.717, 1.165) is 5.56 Å². The average molecular weight is 338 g/mol. The fourth-order valence-electron chi connectivity index (χ4n) is 3.42. The summed E-state index contributed by atoms with van der Waals surface area (Å²) in [5.74, 6) is 0.628. The zero-order chi connectivity index (χ0) is 17.4. The number of carbonyl (C=O) groups is 2. The first-order chi connectivity index (χ1) is 12.1. The number of nitrogens with zero attached hydrogens (tertiary/aromatic N) is 1. The molecule has 2 unspecified atom stereocenters. The fraction of sp³-hybridized carbons (Fsp3) is 0.263. The number of rotatable bonds is 3. The molecule has 2 aromatic rings. The minimum absolute atomic E-state index is 0.0281. The molecular weight excluding hydrogens is 320 g/mol. The van der Waals surface area contributed by atoms with Crippen molar-refractivity contribution < 1.29 is 19.1 Å². The molecule has 0 radical (unpaired) electrons. The van der Waals surface area contributed by atoms with Crippen LogP contribution in [0.1, 0.15) is 18.0 Å². The first kappa shape index (κ1) is 15.5. The number of likely N-dealkylation sites (tertiary alicyclic amines) is 1. The van der Waals surface area contributed by atoms with Crippen molar-refractivity contribution in [3.8, 4) is 11.5 Å². The molecule has 0 spiro atoms. The van der Waals surface area contributed by atoms with Crippen LogP contribution in [0, 0.1) is 5.92 Å². The quantitative estimate of drug-likeness (QED) is 0.934. The molecule has 0 bridgehead atoms. The average Bonchev–Trinajstić information content (AvgIpc) is 3.20. The van der Waals surface area contributed by atoms with Crippen molar-refractivity contribution in [1.29, 1.82) is 0 Å². The topological polar surface area (TPSA) is 67.9 Å². The van der Waals surface area contributed by atoms with E-state index in [-0.39, 0.29) is 31.1 Å². The van der Waals surface area contributed by atoms with Crippen LogP contribution >= 0.6 is 0 Å². The predicted octanol–water partition coefficient (Wildman–Crippen LogP) is 2.57. The number of nitrogens with one attached hydrogen (secondary N) is 1. The standard InChI is InChI=1S/C19H18N2O4/c1-21-17(22)10-14(18(21)12-5-3-2-4-6-12)19(23)20-13-7-8-15-16(9-13)25-11-24-15/h2-9,14,18H,10-11H2,1H3,(H,20,23). The number of hydrogen-bond donors (Lipinski definition) is 1. The third kappa shape index (κ3) is 2.80. The van der Waals surface area contributed by atoms with Gasteiger partial charge in [-0.05, 0) is 17.7 Å². The molecule has 2 atom stereocenters. The van der Waals surface area contributed by atoms with Crippen LogP contribution in [0.25, 0.3) is 0 Å². The lowest BCUT2D eigenvalue weighted by molar-refractivity contribution is -0.127. The zero-order valence-electron chi connectivity index (χ0n) is 13.8. The van der Waals surface area contributed by atoms with E-state index in [2.05, 4.69) is 5.32 Å². The smallest absolute Gasteiger partial charge is 0.231 e. The number of carbonyl (C=O) groups excluding carboxylic acids is 2. The van der Waals surface area contributed by atoms with Crippen molar-refractivity contribution in [2.75, 3.05) is 19.2 Å². The summed E-state index contributed by atoms with van der Waals surface area (Å²) in [6, 6.07) is 14.6. The Hall–Kier alpha value is -3.02. The number of anilines is 1. The Bertz CT molecular complexity index is 821. The highest BCUT2D eigenvalue weighted by Crippen LogP contribution is 2.38. The molecule has 1 N–H and O–H groups in total. The number of hydrogen-bond acceptors (Lipinski definition) is 4. The summed E-state index contributed by atoms with van der Waals surface area (Å²) in [5, 5.41) is 2.90. The van der Waals surface area contributed by atoms with Gasteiger partial charge in [0.25, 0.3) is 0 Å². The fourth-order valence-corrected chi connectivity index (χ4v) is 3.42. The van der Waals surface area contributed by atoms with Gasteiger partial charge in [0, 0.05) is 25.2 Å². The molecule has 4 rings (SSSR count). The molecular formula is C19H18N2O4. The van der Waals surface area contributed by atoms with Crippen molar-refractivity contribution in [3.05, 3.63) is 54.1 Å². The summed E-state index contributed by atoms with van der Waals surface area (Å²) >= 11 is 0. The first-order valence-corrected chi connectivity index (χ1v) is 8.14. The van der Waals surface area contributed by atoms with Gasteiger partial charge in [-0.3, -0.25) is 9.59 Å². The molecule has 2 aromatic carbocycles. The van der Waals surface area contributed by atoms with Crippen LogP contribution in [0.4, 0.5) is 5.69 Å². The summed E-state index contributed by atoms with van der Waals surface area (Å²) < 4.78 is 10.6. The SMILES string of the molecule is CN1C(=O)CC(C(=O)Nc2ccc3c(c2)OCO3)C1c1ccccc1. The van der Waals surface area contributed by atoms with Gasteiger partial charge in [0.1, 0.15) is 0 Å². The highest BCUT2D eigenvalue weighted by Gasteiger charge is 2.42. The molecule has 1 fully saturated rings. The van der Waals surface area contributed by atoms with Crippen LogP contribution in [0.2, 0.25) is 0 Å². The van der Waals surface area contributed by atoms with Gasteiger partial charge in [-0.15, -0.1) is 0 Å². The van der Waals surface area contributed by atoms with Gasteiger partial charge in [0.05, 0.1) is 12.0 Å². The van der Waals surface area contributed by atoms with Gasteiger partial charge in [0.2, 0.25) is 18.6 Å². The molecule has 2 aliphatic heterocycles. The first-order valence-electron chi connectivity index (χ1n) is 8.14. The molecule has 0 saturated carbocycles. The molecule has 1 saturated heterocycles. The minimum Gasteiger partial charge on any atom is -0.454 e. The summed E-state index contributed by atoms with van der Waals surface area (Å²) in [6.07, 6.45) is 0.201. The van der Waals surface area contributed by atoms with Crippen molar-refractivity contribution in [2.24, 2.45) is 5.92 Å². The third-order valence-electron chi connectivity index (χ3n) is 4.70.